The Labute approximate surface area is 95.5 Å². The van der Waals surface area contributed by atoms with Gasteiger partial charge in [-0.2, -0.15) is 0 Å². The molecule has 1 amide bonds. The van der Waals surface area contributed by atoms with E-state index in [1.54, 1.807) is 12.3 Å². The maximum Gasteiger partial charge on any atom is 0.229 e. The number of nitrogens with two attached hydrogens (primary N) is 1. The predicted molar refractivity (Wildman–Crippen MR) is 64.0 cm³/mol. The van der Waals surface area contributed by atoms with Gasteiger partial charge in [-0.15, -0.1) is 0 Å². The molecule has 1 saturated heterocycles. The zero-order valence-corrected chi connectivity index (χ0v) is 9.52. The van der Waals surface area contributed by atoms with Gasteiger partial charge in [-0.05, 0) is 25.0 Å². The van der Waals surface area contributed by atoms with Crippen LogP contribution in [0.25, 0.3) is 0 Å². The second kappa shape index (κ2) is 4.51. The molecule has 0 spiro atoms. The van der Waals surface area contributed by atoms with Crippen molar-refractivity contribution >= 4 is 17.4 Å². The van der Waals surface area contributed by atoms with E-state index in [0.29, 0.717) is 5.82 Å². The van der Waals surface area contributed by atoms with Crippen LogP contribution in [0.15, 0.2) is 18.3 Å². The Hall–Kier alpha value is -1.58. The fourth-order valence-corrected chi connectivity index (χ4v) is 2.03. The van der Waals surface area contributed by atoms with Crippen LogP contribution in [0.1, 0.15) is 26.2 Å². The van der Waals surface area contributed by atoms with Gasteiger partial charge in [0.15, 0.2) is 0 Å². The van der Waals surface area contributed by atoms with Crippen molar-refractivity contribution in [2.24, 2.45) is 5.92 Å². The molecule has 0 radical (unpaired) electrons. The molecule has 1 unspecified atom stereocenters. The van der Waals surface area contributed by atoms with E-state index in [9.17, 15) is 4.79 Å². The zero-order chi connectivity index (χ0) is 11.5. The number of hydrogen-bond acceptors (Lipinski definition) is 3. The Morgan fingerprint density at radius 3 is 2.94 bits per heavy atom. The van der Waals surface area contributed by atoms with Gasteiger partial charge in [0, 0.05) is 12.5 Å². The number of pyridine rings is 1. The van der Waals surface area contributed by atoms with Crippen molar-refractivity contribution in [1.82, 2.24) is 4.98 Å². The molecular weight excluding hydrogens is 202 g/mol. The molecule has 1 aromatic rings. The number of aromatic nitrogens is 1. The number of nitrogen functional groups attached to an aromatic ring is 1. The third-order valence-electron chi connectivity index (χ3n) is 3.04. The number of rotatable bonds is 1. The van der Waals surface area contributed by atoms with Crippen LogP contribution in [-0.2, 0) is 4.79 Å². The molecule has 1 aliphatic heterocycles. The maximum absolute atomic E-state index is 12.1. The Morgan fingerprint density at radius 1 is 1.44 bits per heavy atom. The quantitative estimate of drug-likeness (QED) is 0.783. The van der Waals surface area contributed by atoms with E-state index in [0.717, 1.165) is 31.5 Å². The van der Waals surface area contributed by atoms with E-state index in [2.05, 4.69) is 4.98 Å². The summed E-state index contributed by atoms with van der Waals surface area (Å²) in [6.45, 7) is 2.78. The zero-order valence-electron chi connectivity index (χ0n) is 9.52. The monoisotopic (exact) mass is 219 g/mol. The van der Waals surface area contributed by atoms with Gasteiger partial charge >= 0.3 is 0 Å². The molecular formula is C12H17N3O. The van der Waals surface area contributed by atoms with E-state index in [1.807, 2.05) is 17.9 Å². The number of hydrogen-bond donors (Lipinski definition) is 1. The lowest BCUT2D eigenvalue weighted by molar-refractivity contribution is -0.121. The number of carbonyl (C=O) groups is 1. The summed E-state index contributed by atoms with van der Waals surface area (Å²) in [5.41, 5.74) is 6.39. The summed E-state index contributed by atoms with van der Waals surface area (Å²) < 4.78 is 0. The predicted octanol–water partition coefficient (Wildman–Crippen LogP) is 1.82. The van der Waals surface area contributed by atoms with Crippen molar-refractivity contribution < 1.29 is 4.79 Å². The van der Waals surface area contributed by atoms with Gasteiger partial charge in [-0.25, -0.2) is 4.98 Å². The van der Waals surface area contributed by atoms with Crippen molar-refractivity contribution in [3.63, 3.8) is 0 Å². The molecule has 4 heteroatoms. The molecule has 1 atom stereocenters. The summed E-state index contributed by atoms with van der Waals surface area (Å²) in [6.07, 6.45) is 4.83. The summed E-state index contributed by atoms with van der Waals surface area (Å²) in [5.74, 6) is 0.795. The molecule has 0 aromatic carbocycles. The standard InChI is InChI=1S/C12H17N3O/c1-9-4-2-3-7-15(12(9)16)10-5-6-11(13)14-8-10/h5-6,8-9H,2-4,7H2,1H3,(H2,13,14). The minimum Gasteiger partial charge on any atom is -0.384 e. The molecule has 1 fully saturated rings. The number of anilines is 2. The van der Waals surface area contributed by atoms with Crippen molar-refractivity contribution in [3.8, 4) is 0 Å². The molecule has 1 aromatic heterocycles. The van der Waals surface area contributed by atoms with Crippen LogP contribution < -0.4 is 10.6 Å². The first-order valence-electron chi connectivity index (χ1n) is 5.71. The second-order valence-corrected chi connectivity index (χ2v) is 4.33. The molecule has 2 N–H and O–H groups in total. The molecule has 86 valence electrons. The van der Waals surface area contributed by atoms with E-state index >= 15 is 0 Å². The molecule has 2 rings (SSSR count). The Balaban J connectivity index is 2.24. The highest BCUT2D eigenvalue weighted by Crippen LogP contribution is 2.23. The van der Waals surface area contributed by atoms with Gasteiger partial charge in [0.1, 0.15) is 5.82 Å². The van der Waals surface area contributed by atoms with Crippen molar-refractivity contribution in [3.05, 3.63) is 18.3 Å². The first-order valence-corrected chi connectivity index (χ1v) is 5.71. The summed E-state index contributed by atoms with van der Waals surface area (Å²) in [6, 6.07) is 3.59. The Kier molecular flexibility index (Phi) is 3.08. The molecule has 0 saturated carbocycles. The number of amides is 1. The highest BCUT2D eigenvalue weighted by atomic mass is 16.2. The first kappa shape index (κ1) is 10.9. The topological polar surface area (TPSA) is 59.2 Å². The van der Waals surface area contributed by atoms with Crippen LogP contribution in [-0.4, -0.2) is 17.4 Å². The lowest BCUT2D eigenvalue weighted by Gasteiger charge is -2.22. The van der Waals surface area contributed by atoms with Crippen molar-refractivity contribution in [2.45, 2.75) is 26.2 Å². The average Bonchev–Trinajstić information content (AvgIpc) is 2.44. The van der Waals surface area contributed by atoms with Crippen LogP contribution in [0.5, 0.6) is 0 Å². The summed E-state index contributed by atoms with van der Waals surface area (Å²) in [4.78, 5) is 17.9. The van der Waals surface area contributed by atoms with Gasteiger partial charge in [0.2, 0.25) is 5.91 Å². The lowest BCUT2D eigenvalue weighted by Crippen LogP contribution is -2.34. The fraction of sp³-hybridized carbons (Fsp3) is 0.500. The number of carbonyl (C=O) groups excluding carboxylic acids is 1. The van der Waals surface area contributed by atoms with E-state index in [-0.39, 0.29) is 11.8 Å². The van der Waals surface area contributed by atoms with Gasteiger partial charge in [-0.3, -0.25) is 4.79 Å². The van der Waals surface area contributed by atoms with Crippen LogP contribution in [0.4, 0.5) is 11.5 Å². The van der Waals surface area contributed by atoms with Crippen molar-refractivity contribution in [1.29, 1.82) is 0 Å². The summed E-state index contributed by atoms with van der Waals surface area (Å²) in [7, 11) is 0. The summed E-state index contributed by atoms with van der Waals surface area (Å²) in [5, 5.41) is 0. The fourth-order valence-electron chi connectivity index (χ4n) is 2.03. The first-order chi connectivity index (χ1) is 7.68. The van der Waals surface area contributed by atoms with Gasteiger partial charge < -0.3 is 10.6 Å². The van der Waals surface area contributed by atoms with Gasteiger partial charge in [0.05, 0.1) is 11.9 Å². The second-order valence-electron chi connectivity index (χ2n) is 4.33. The van der Waals surface area contributed by atoms with Crippen LogP contribution >= 0.6 is 0 Å². The van der Waals surface area contributed by atoms with Gasteiger partial charge in [-0.1, -0.05) is 13.3 Å². The van der Waals surface area contributed by atoms with Crippen LogP contribution in [0.3, 0.4) is 0 Å². The largest absolute Gasteiger partial charge is 0.384 e. The average molecular weight is 219 g/mol. The van der Waals surface area contributed by atoms with Crippen molar-refractivity contribution in [2.75, 3.05) is 17.2 Å². The van der Waals surface area contributed by atoms with Gasteiger partial charge in [0.25, 0.3) is 0 Å². The highest BCUT2D eigenvalue weighted by molar-refractivity contribution is 5.94. The van der Waals surface area contributed by atoms with E-state index in [1.165, 1.54) is 0 Å². The van der Waals surface area contributed by atoms with E-state index in [4.69, 9.17) is 5.73 Å². The lowest BCUT2D eigenvalue weighted by atomic mass is 10.1. The van der Waals surface area contributed by atoms with Crippen LogP contribution in [0, 0.1) is 5.92 Å². The SMILES string of the molecule is CC1CCCCN(c2ccc(N)nc2)C1=O. The molecule has 16 heavy (non-hydrogen) atoms. The molecule has 0 aliphatic carbocycles. The molecule has 4 nitrogen and oxygen atoms in total. The minimum absolute atomic E-state index is 0.111. The Bertz CT molecular complexity index is 374. The molecule has 2 heterocycles. The third-order valence-corrected chi connectivity index (χ3v) is 3.04. The minimum atomic E-state index is 0.111. The third kappa shape index (κ3) is 2.15. The highest BCUT2D eigenvalue weighted by Gasteiger charge is 2.24. The number of nitrogens with zero attached hydrogens (tertiary/aromatic N) is 2. The Morgan fingerprint density at radius 2 is 2.25 bits per heavy atom. The van der Waals surface area contributed by atoms with Crippen LogP contribution in [0.2, 0.25) is 0 Å². The maximum atomic E-state index is 12.1. The molecule has 0 bridgehead atoms. The van der Waals surface area contributed by atoms with E-state index < -0.39 is 0 Å². The summed E-state index contributed by atoms with van der Waals surface area (Å²) >= 11 is 0. The molecule has 1 aliphatic rings. The smallest absolute Gasteiger partial charge is 0.229 e. The normalized spacial score (nSPS) is 21.9.